The van der Waals surface area contributed by atoms with Crippen LogP contribution in [0.25, 0.3) is 0 Å². The summed E-state index contributed by atoms with van der Waals surface area (Å²) in [4.78, 5) is 4.70. The molecule has 1 fully saturated rings. The van der Waals surface area contributed by atoms with Crippen molar-refractivity contribution >= 4 is 5.84 Å². The first-order valence-electron chi connectivity index (χ1n) is 4.63. The van der Waals surface area contributed by atoms with Crippen LogP contribution in [-0.2, 0) is 4.74 Å². The molecule has 0 aliphatic carbocycles. The zero-order valence-electron chi connectivity index (χ0n) is 7.76. The molecule has 2 aliphatic rings. The van der Waals surface area contributed by atoms with E-state index in [1.165, 1.54) is 0 Å². The fraction of sp³-hybridized carbons (Fsp3) is 0.889. The summed E-state index contributed by atoms with van der Waals surface area (Å²) in [5.41, 5.74) is 0.0968. The van der Waals surface area contributed by atoms with Crippen molar-refractivity contribution in [3.63, 3.8) is 0 Å². The molecule has 68 valence electrons. The van der Waals surface area contributed by atoms with Gasteiger partial charge in [0.05, 0.1) is 12.4 Å². The molecule has 0 aromatic carbocycles. The molecular formula is C9H16N2O. The lowest BCUT2D eigenvalue weighted by atomic mass is 10.0. The summed E-state index contributed by atoms with van der Waals surface area (Å²) in [7, 11) is 0. The van der Waals surface area contributed by atoms with Crippen LogP contribution in [0.1, 0.15) is 20.3 Å². The minimum atomic E-state index is 0.0968. The Hall–Kier alpha value is -0.570. The van der Waals surface area contributed by atoms with E-state index >= 15 is 0 Å². The molecule has 3 heteroatoms. The van der Waals surface area contributed by atoms with Gasteiger partial charge in [-0.25, -0.2) is 0 Å². The predicted molar refractivity (Wildman–Crippen MR) is 48.4 cm³/mol. The Balaban J connectivity index is 2.12. The molecule has 2 aliphatic heterocycles. The average molecular weight is 168 g/mol. The van der Waals surface area contributed by atoms with Gasteiger partial charge in [-0.2, -0.15) is 0 Å². The highest BCUT2D eigenvalue weighted by Crippen LogP contribution is 2.26. The van der Waals surface area contributed by atoms with Gasteiger partial charge >= 0.3 is 0 Å². The molecule has 1 N–H and O–H groups in total. The number of nitrogens with one attached hydrogen (secondary N) is 1. The van der Waals surface area contributed by atoms with Crippen LogP contribution in [0.5, 0.6) is 0 Å². The third kappa shape index (κ3) is 1.22. The van der Waals surface area contributed by atoms with E-state index in [0.717, 1.165) is 32.0 Å². The van der Waals surface area contributed by atoms with Gasteiger partial charge in [0.15, 0.2) is 0 Å². The lowest BCUT2D eigenvalue weighted by Crippen LogP contribution is -2.33. The molecule has 12 heavy (non-hydrogen) atoms. The van der Waals surface area contributed by atoms with Crippen molar-refractivity contribution in [2.24, 2.45) is 10.9 Å². The number of amidine groups is 1. The fourth-order valence-corrected chi connectivity index (χ4v) is 1.75. The number of rotatable bonds is 1. The van der Waals surface area contributed by atoms with E-state index in [-0.39, 0.29) is 5.54 Å². The third-order valence-electron chi connectivity index (χ3n) is 2.59. The second-order valence-corrected chi connectivity index (χ2v) is 4.03. The molecule has 0 bridgehead atoms. The first kappa shape index (κ1) is 8.05. The van der Waals surface area contributed by atoms with Crippen LogP contribution in [0.4, 0.5) is 0 Å². The summed E-state index contributed by atoms with van der Waals surface area (Å²) in [6.07, 6.45) is 1.08. The van der Waals surface area contributed by atoms with Crippen LogP contribution in [0, 0.1) is 5.92 Å². The van der Waals surface area contributed by atoms with Crippen molar-refractivity contribution in [2.45, 2.75) is 25.8 Å². The second-order valence-electron chi connectivity index (χ2n) is 4.03. The minimum absolute atomic E-state index is 0.0968. The Morgan fingerprint density at radius 3 is 2.92 bits per heavy atom. The Morgan fingerprint density at radius 2 is 2.42 bits per heavy atom. The Morgan fingerprint density at radius 1 is 1.58 bits per heavy atom. The van der Waals surface area contributed by atoms with Crippen LogP contribution < -0.4 is 5.32 Å². The average Bonchev–Trinajstić information content (AvgIpc) is 2.62. The molecule has 2 heterocycles. The van der Waals surface area contributed by atoms with Crippen molar-refractivity contribution < 1.29 is 4.74 Å². The van der Waals surface area contributed by atoms with Crippen molar-refractivity contribution in [1.82, 2.24) is 5.32 Å². The Kier molecular flexibility index (Phi) is 1.83. The largest absolute Gasteiger partial charge is 0.379 e. The minimum Gasteiger partial charge on any atom is -0.379 e. The van der Waals surface area contributed by atoms with Gasteiger partial charge in [-0.1, -0.05) is 13.8 Å². The smallest absolute Gasteiger partial charge is 0.105 e. The third-order valence-corrected chi connectivity index (χ3v) is 2.59. The van der Waals surface area contributed by atoms with Crippen LogP contribution in [0.15, 0.2) is 4.99 Å². The number of hydrogen-bond donors (Lipinski definition) is 1. The van der Waals surface area contributed by atoms with E-state index in [1.54, 1.807) is 0 Å². The maximum absolute atomic E-state index is 5.36. The highest BCUT2D eigenvalue weighted by Gasteiger charge is 2.38. The highest BCUT2D eigenvalue weighted by atomic mass is 16.5. The zero-order valence-corrected chi connectivity index (χ0v) is 7.76. The van der Waals surface area contributed by atoms with E-state index in [4.69, 9.17) is 9.73 Å². The highest BCUT2D eigenvalue weighted by molar-refractivity contribution is 5.86. The Labute approximate surface area is 73.2 Å². The molecule has 1 atom stereocenters. The van der Waals surface area contributed by atoms with Crippen LogP contribution in [-0.4, -0.2) is 31.1 Å². The Bertz CT molecular complexity index is 205. The predicted octanol–water partition coefficient (Wildman–Crippen LogP) is 0.803. The monoisotopic (exact) mass is 168 g/mol. The van der Waals surface area contributed by atoms with Crippen LogP contribution >= 0.6 is 0 Å². The van der Waals surface area contributed by atoms with Crippen molar-refractivity contribution in [3.05, 3.63) is 0 Å². The first-order chi connectivity index (χ1) is 5.72. The number of nitrogens with zero attached hydrogens (tertiary/aromatic N) is 1. The molecule has 0 radical (unpaired) electrons. The topological polar surface area (TPSA) is 33.6 Å². The normalized spacial score (nSPS) is 34.4. The molecular weight excluding hydrogens is 152 g/mol. The van der Waals surface area contributed by atoms with Gasteiger partial charge in [0, 0.05) is 19.1 Å². The summed E-state index contributed by atoms with van der Waals surface area (Å²) in [6.45, 7) is 6.98. The molecule has 0 saturated carbocycles. The van der Waals surface area contributed by atoms with Gasteiger partial charge in [-0.15, -0.1) is 0 Å². The summed E-state index contributed by atoms with van der Waals surface area (Å²) in [6, 6.07) is 0. The molecule has 0 aromatic rings. The molecule has 1 saturated heterocycles. The standard InChI is InChI=1S/C9H16N2O/c1-7(2)8-10-5-9(11-8)3-4-12-6-9/h7H,3-6H2,1-2H3,(H,10,11). The second kappa shape index (κ2) is 2.73. The number of aliphatic imine (C=N–C) groups is 1. The molecule has 1 unspecified atom stereocenters. The zero-order chi connectivity index (χ0) is 8.60. The molecule has 0 aromatic heterocycles. The first-order valence-corrected chi connectivity index (χ1v) is 4.63. The van der Waals surface area contributed by atoms with E-state index in [9.17, 15) is 0 Å². The van der Waals surface area contributed by atoms with Gasteiger partial charge in [0.25, 0.3) is 0 Å². The van der Waals surface area contributed by atoms with Gasteiger partial charge < -0.3 is 10.1 Å². The lowest BCUT2D eigenvalue weighted by molar-refractivity contribution is 0.181. The van der Waals surface area contributed by atoms with Gasteiger partial charge in [-0.05, 0) is 6.42 Å². The fourth-order valence-electron chi connectivity index (χ4n) is 1.75. The van der Waals surface area contributed by atoms with E-state index in [2.05, 4.69) is 19.2 Å². The summed E-state index contributed by atoms with van der Waals surface area (Å²) in [5, 5.41) is 3.36. The molecule has 3 nitrogen and oxygen atoms in total. The molecule has 0 amide bonds. The van der Waals surface area contributed by atoms with E-state index < -0.39 is 0 Å². The van der Waals surface area contributed by atoms with Crippen molar-refractivity contribution in [1.29, 1.82) is 0 Å². The lowest BCUT2D eigenvalue weighted by Gasteiger charge is -2.14. The summed E-state index contributed by atoms with van der Waals surface area (Å²) < 4.78 is 5.36. The van der Waals surface area contributed by atoms with Crippen LogP contribution in [0.3, 0.4) is 0 Å². The quantitative estimate of drug-likeness (QED) is 0.628. The maximum atomic E-state index is 5.36. The van der Waals surface area contributed by atoms with E-state index in [0.29, 0.717) is 5.92 Å². The maximum Gasteiger partial charge on any atom is 0.105 e. The molecule has 1 spiro atoms. The van der Waals surface area contributed by atoms with E-state index in [1.807, 2.05) is 0 Å². The van der Waals surface area contributed by atoms with Crippen LogP contribution in [0.2, 0.25) is 0 Å². The summed E-state index contributed by atoms with van der Waals surface area (Å²) in [5.74, 6) is 1.67. The molecule has 2 rings (SSSR count). The van der Waals surface area contributed by atoms with Gasteiger partial charge in [-0.3, -0.25) is 4.99 Å². The number of ether oxygens (including phenoxy) is 1. The van der Waals surface area contributed by atoms with Gasteiger partial charge in [0.2, 0.25) is 0 Å². The van der Waals surface area contributed by atoms with Gasteiger partial charge in [0.1, 0.15) is 5.54 Å². The van der Waals surface area contributed by atoms with Crippen molar-refractivity contribution in [3.8, 4) is 0 Å². The van der Waals surface area contributed by atoms with Crippen molar-refractivity contribution in [2.75, 3.05) is 19.8 Å². The summed E-state index contributed by atoms with van der Waals surface area (Å²) >= 11 is 0. The SMILES string of the molecule is CC(C)C1=NC2(CCOC2)CN1. The number of hydrogen-bond acceptors (Lipinski definition) is 3.